The number of amides is 6. The van der Waals surface area contributed by atoms with Crippen LogP contribution in [-0.4, -0.2) is 148 Å². The zero-order valence-corrected chi connectivity index (χ0v) is 48.4. The quantitative estimate of drug-likeness (QED) is 0.0505. The number of aromatic nitrogens is 3. The molecule has 0 spiro atoms. The van der Waals surface area contributed by atoms with Gasteiger partial charge in [0.2, 0.25) is 35.4 Å². The van der Waals surface area contributed by atoms with Gasteiger partial charge in [0.15, 0.2) is 0 Å². The van der Waals surface area contributed by atoms with Gasteiger partial charge < -0.3 is 51.2 Å². The number of halogens is 3. The maximum absolute atomic E-state index is 14.1. The van der Waals surface area contributed by atoms with Crippen molar-refractivity contribution >= 4 is 52.2 Å². The number of alkyl halides is 3. The number of ether oxygens (including phenoxy) is 2. The zero-order valence-electron chi connectivity index (χ0n) is 48.4. The molecule has 2 saturated heterocycles. The monoisotopic (exact) mass is 1150 g/mol. The fraction of sp³-hybridized carbons (Fsp3) is 0.683. The summed E-state index contributed by atoms with van der Waals surface area (Å²) in [5.41, 5.74) is 0.211. The number of rotatable bonds is 24. The van der Waals surface area contributed by atoms with Crippen LogP contribution in [0.4, 0.5) is 19.0 Å². The number of carbonyl (C=O) groups is 6. The normalized spacial score (nSPS) is 26.2. The molecule has 82 heavy (non-hydrogen) atoms. The van der Waals surface area contributed by atoms with Crippen LogP contribution >= 0.6 is 0 Å². The molecule has 6 N–H and O–H groups in total. The highest BCUT2D eigenvalue weighted by Gasteiger charge is 2.45. The number of hydrogen-bond acceptors (Lipinski definition) is 13. The molecule has 2 aromatic heterocycles. The molecule has 450 valence electrons. The van der Waals surface area contributed by atoms with Gasteiger partial charge in [-0.05, 0) is 154 Å². The lowest BCUT2D eigenvalue weighted by Gasteiger charge is -2.43. The van der Waals surface area contributed by atoms with Gasteiger partial charge in [-0.15, -0.1) is 0 Å². The molecule has 2 aliphatic heterocycles. The lowest BCUT2D eigenvalue weighted by Crippen LogP contribution is -2.59. The molecule has 22 heteroatoms. The smallest absolute Gasteiger partial charge is 0.378 e. The van der Waals surface area contributed by atoms with E-state index in [2.05, 4.69) is 62.6 Å². The van der Waals surface area contributed by atoms with Gasteiger partial charge >= 0.3 is 6.18 Å². The van der Waals surface area contributed by atoms with E-state index in [-0.39, 0.29) is 107 Å². The van der Waals surface area contributed by atoms with E-state index in [1.54, 1.807) is 22.2 Å². The van der Waals surface area contributed by atoms with Gasteiger partial charge in [-0.3, -0.25) is 33.8 Å². The molecular formula is C60H86F3N11O8. The second-order valence-electron chi connectivity index (χ2n) is 24.1. The predicted molar refractivity (Wildman–Crippen MR) is 303 cm³/mol. The van der Waals surface area contributed by atoms with Crippen molar-refractivity contribution < 1.29 is 51.4 Å². The van der Waals surface area contributed by atoms with E-state index in [0.717, 1.165) is 49.8 Å². The van der Waals surface area contributed by atoms with Gasteiger partial charge in [0.25, 0.3) is 0 Å². The van der Waals surface area contributed by atoms with E-state index in [0.29, 0.717) is 128 Å². The summed E-state index contributed by atoms with van der Waals surface area (Å²) in [6.45, 7) is 12.3. The minimum absolute atomic E-state index is 0.0128. The number of fused-ring (bicyclic) bond motifs is 1. The largest absolute Gasteiger partial charge is 0.416 e. The van der Waals surface area contributed by atoms with Gasteiger partial charge in [-0.2, -0.15) is 13.2 Å². The fourth-order valence-electron chi connectivity index (χ4n) is 12.9. The summed E-state index contributed by atoms with van der Waals surface area (Å²) in [5.74, 6) is -0.649. The molecule has 5 fully saturated rings. The first kappa shape index (κ1) is 62.1. The van der Waals surface area contributed by atoms with E-state index in [1.165, 1.54) is 13.0 Å². The Hall–Kier alpha value is -6.00. The molecule has 8 rings (SSSR count). The predicted octanol–water partition coefficient (Wildman–Crippen LogP) is 6.83. The molecule has 3 aromatic rings. The van der Waals surface area contributed by atoms with Crippen LogP contribution in [-0.2, 0) is 50.8 Å². The summed E-state index contributed by atoms with van der Waals surface area (Å²) in [6.07, 6.45) is 10.5. The van der Waals surface area contributed by atoms with Gasteiger partial charge in [0, 0.05) is 100 Å². The molecule has 3 saturated carbocycles. The average Bonchev–Trinajstić information content (AvgIpc) is 4.17. The molecule has 0 bridgehead atoms. The topological polar surface area (TPSA) is 238 Å². The summed E-state index contributed by atoms with van der Waals surface area (Å²) in [5, 5.41) is 19.3. The Labute approximate surface area is 479 Å². The van der Waals surface area contributed by atoms with Crippen molar-refractivity contribution in [3.8, 4) is 0 Å². The highest BCUT2D eigenvalue weighted by atomic mass is 19.4. The number of nitrogens with one attached hydrogen (secondary N) is 6. The minimum Gasteiger partial charge on any atom is -0.378 e. The van der Waals surface area contributed by atoms with Crippen LogP contribution < -0.4 is 31.9 Å². The first-order valence-corrected chi connectivity index (χ1v) is 30.0. The highest BCUT2D eigenvalue weighted by Crippen LogP contribution is 2.39. The Bertz CT molecular complexity index is 2660. The maximum atomic E-state index is 14.1. The van der Waals surface area contributed by atoms with E-state index in [1.807, 2.05) is 19.1 Å². The fourth-order valence-corrected chi connectivity index (χ4v) is 12.9. The molecule has 4 heterocycles. The third-order valence-electron chi connectivity index (χ3n) is 16.9. The third kappa shape index (κ3) is 17.1. The van der Waals surface area contributed by atoms with Crippen molar-refractivity contribution in [1.82, 2.24) is 51.3 Å². The number of carbonyl (C=O) groups excluding carboxylic acids is 6. The first-order valence-electron chi connectivity index (χ1n) is 30.0. The number of pyridine rings is 1. The second-order valence-corrected chi connectivity index (χ2v) is 24.1. The lowest BCUT2D eigenvalue weighted by molar-refractivity contribution is -0.137. The van der Waals surface area contributed by atoms with Crippen LogP contribution in [0.25, 0.3) is 10.9 Å². The zero-order chi connectivity index (χ0) is 58.6. The van der Waals surface area contributed by atoms with Gasteiger partial charge in [0.05, 0.1) is 53.9 Å². The first-order chi connectivity index (χ1) is 39.2. The molecule has 6 amide bonds. The Kier molecular flexibility index (Phi) is 21.6. The molecule has 5 aliphatic rings. The van der Waals surface area contributed by atoms with Crippen molar-refractivity contribution in [2.24, 2.45) is 11.8 Å². The Balaban J connectivity index is 0.695. The average molecular weight is 1150 g/mol. The molecule has 1 aromatic carbocycles. The summed E-state index contributed by atoms with van der Waals surface area (Å²) in [4.78, 5) is 95.4. The number of hydrogen-bond donors (Lipinski definition) is 6. The third-order valence-corrected chi connectivity index (χ3v) is 16.9. The number of likely N-dealkylation sites (tertiary alicyclic amines) is 2. The Morgan fingerprint density at radius 3 is 2.20 bits per heavy atom. The van der Waals surface area contributed by atoms with Crippen molar-refractivity contribution in [3.63, 3.8) is 0 Å². The number of aryl methyl sites for hydroxylation is 1. The lowest BCUT2D eigenvalue weighted by atomic mass is 9.84. The Morgan fingerprint density at radius 2 is 1.51 bits per heavy atom. The van der Waals surface area contributed by atoms with Crippen LogP contribution in [0.15, 0.2) is 42.7 Å². The minimum atomic E-state index is -4.60. The van der Waals surface area contributed by atoms with Gasteiger partial charge in [-0.1, -0.05) is 6.07 Å². The summed E-state index contributed by atoms with van der Waals surface area (Å²) in [7, 11) is 0. The molecule has 6 atom stereocenters. The maximum Gasteiger partial charge on any atom is 0.416 e. The van der Waals surface area contributed by atoms with E-state index < -0.39 is 23.7 Å². The Morgan fingerprint density at radius 1 is 0.793 bits per heavy atom. The number of unbranched alkanes of at least 4 members (excludes halogenated alkanes) is 1. The second kappa shape index (κ2) is 28.5. The standard InChI is InChI=1S/C60H86F3N11O8/c1-6-73-53(77)35-46(54(73)39-11-9-27-64-36-39)57(79)66-29-32-82-44-22-20-43(21-23-44)81-31-10-13-52(76)68-41-17-14-38(15-18-41)56(78)65-28-8-7-12-51-69-47-24-16-40(60(61,62)63)33-45(47)55(71-51)70-48-26-30-74(58(48)80)50-25-19-42(72-59(3,4)5)34-49(50)67-37(2)75/h9,11,16,24,27,33,36,38,41-44,46,48-50,54,72H,6-8,10,12-15,17-23,25-26,28-32,34-35H2,1-5H3,(H,65,78)(H,66,79)(H,67,75)(H,68,76)(H,69,70,71)/t38?,41?,42-,43?,44?,46+,48+,49-,50+,54-/m1/s1. The van der Waals surface area contributed by atoms with Crippen LogP contribution in [0.2, 0.25) is 0 Å². The molecule has 3 aliphatic carbocycles. The summed E-state index contributed by atoms with van der Waals surface area (Å²) in [6, 6.07) is 5.70. The molecule has 19 nitrogen and oxygen atoms in total. The summed E-state index contributed by atoms with van der Waals surface area (Å²) < 4.78 is 54.1. The number of benzene rings is 1. The van der Waals surface area contributed by atoms with Crippen molar-refractivity contribution in [2.75, 3.05) is 44.7 Å². The van der Waals surface area contributed by atoms with Crippen LogP contribution in [0.1, 0.15) is 167 Å². The molecule has 0 radical (unpaired) electrons. The van der Waals surface area contributed by atoms with Gasteiger partial charge in [0.1, 0.15) is 17.7 Å². The molecular weight excluding hydrogens is 1060 g/mol. The molecule has 0 unspecified atom stereocenters. The number of anilines is 1. The highest BCUT2D eigenvalue weighted by molar-refractivity contribution is 5.94. The SMILES string of the molecule is CCN1C(=O)C[C@H](C(=O)NCCOC2CCC(OCCCC(=O)NC3CCC(C(=O)NCCCCc4nc(N[C@H]5CCN([C@H]6CC[C@@H](NC(C)(C)C)C[C@H]6NC(C)=O)C5=O)c5cc(C(F)(F)F)ccc5n4)CC3)CC2)[C@H]1c1cccnc1. The van der Waals surface area contributed by atoms with Crippen molar-refractivity contribution in [3.05, 3.63) is 59.7 Å². The summed E-state index contributed by atoms with van der Waals surface area (Å²) >= 11 is 0. The van der Waals surface area contributed by atoms with Gasteiger partial charge in [-0.25, -0.2) is 9.97 Å². The van der Waals surface area contributed by atoms with Crippen molar-refractivity contribution in [2.45, 2.75) is 210 Å². The van der Waals surface area contributed by atoms with Crippen LogP contribution in [0.5, 0.6) is 0 Å². The van der Waals surface area contributed by atoms with Crippen LogP contribution in [0, 0.1) is 11.8 Å². The number of nitrogens with zero attached hydrogens (tertiary/aromatic N) is 5. The van der Waals surface area contributed by atoms with E-state index in [9.17, 15) is 41.9 Å². The van der Waals surface area contributed by atoms with E-state index >= 15 is 0 Å². The van der Waals surface area contributed by atoms with Crippen molar-refractivity contribution in [1.29, 1.82) is 0 Å². The van der Waals surface area contributed by atoms with E-state index in [4.69, 9.17) is 14.5 Å². The van der Waals surface area contributed by atoms with Crippen LogP contribution in [0.3, 0.4) is 0 Å².